The molecule has 1 heterocycles. The van der Waals surface area contributed by atoms with E-state index >= 15 is 0 Å². The van der Waals surface area contributed by atoms with Crippen LogP contribution in [0.15, 0.2) is 29.3 Å². The van der Waals surface area contributed by atoms with E-state index in [-0.39, 0.29) is 0 Å². The molecule has 0 amide bonds. The summed E-state index contributed by atoms with van der Waals surface area (Å²) in [6, 6.07) is 8.85. The maximum Gasteiger partial charge on any atom is 0.191 e. The lowest BCUT2D eigenvalue weighted by molar-refractivity contribution is 0.798. The number of benzene rings is 1. The summed E-state index contributed by atoms with van der Waals surface area (Å²) in [4.78, 5) is 10.5. The molecular weight excluding hydrogens is 316 g/mol. The van der Waals surface area contributed by atoms with Crippen LogP contribution in [-0.4, -0.2) is 24.0 Å². The molecule has 0 aliphatic carbocycles. The van der Waals surface area contributed by atoms with Gasteiger partial charge in [-0.05, 0) is 44.7 Å². The smallest absolute Gasteiger partial charge is 0.191 e. The predicted octanol–water partition coefficient (Wildman–Crippen LogP) is 3.62. The van der Waals surface area contributed by atoms with Gasteiger partial charge < -0.3 is 10.6 Å². The maximum absolute atomic E-state index is 4.64. The SMILES string of the molecule is CCNC(=NCc1nc(C)c(C)s1)NCCc1ccc(CC)cc1. The molecule has 4 nitrogen and oxygen atoms in total. The van der Waals surface area contributed by atoms with E-state index in [0.29, 0.717) is 6.54 Å². The van der Waals surface area contributed by atoms with Gasteiger partial charge in [0.1, 0.15) is 5.01 Å². The summed E-state index contributed by atoms with van der Waals surface area (Å²) >= 11 is 1.72. The molecule has 1 aromatic carbocycles. The van der Waals surface area contributed by atoms with E-state index in [4.69, 9.17) is 0 Å². The number of thiazole rings is 1. The summed E-state index contributed by atoms with van der Waals surface area (Å²) in [6.07, 6.45) is 2.08. The molecule has 24 heavy (non-hydrogen) atoms. The monoisotopic (exact) mass is 344 g/mol. The fourth-order valence-electron chi connectivity index (χ4n) is 2.36. The fraction of sp³-hybridized carbons (Fsp3) is 0.474. The van der Waals surface area contributed by atoms with Crippen molar-refractivity contribution >= 4 is 17.3 Å². The van der Waals surface area contributed by atoms with E-state index in [0.717, 1.165) is 42.6 Å². The summed E-state index contributed by atoms with van der Waals surface area (Å²) in [7, 11) is 0. The van der Waals surface area contributed by atoms with Crippen molar-refractivity contribution in [3.63, 3.8) is 0 Å². The normalized spacial score (nSPS) is 11.6. The topological polar surface area (TPSA) is 49.3 Å². The molecule has 0 saturated heterocycles. The van der Waals surface area contributed by atoms with E-state index in [1.165, 1.54) is 16.0 Å². The molecular formula is C19H28N4S. The minimum atomic E-state index is 0.625. The summed E-state index contributed by atoms with van der Waals surface area (Å²) in [5.41, 5.74) is 3.84. The lowest BCUT2D eigenvalue weighted by Gasteiger charge is -2.11. The van der Waals surface area contributed by atoms with Crippen molar-refractivity contribution in [2.75, 3.05) is 13.1 Å². The Bertz CT molecular complexity index is 639. The van der Waals surface area contributed by atoms with Gasteiger partial charge >= 0.3 is 0 Å². The van der Waals surface area contributed by atoms with Crippen LogP contribution < -0.4 is 10.6 Å². The molecule has 2 N–H and O–H groups in total. The van der Waals surface area contributed by atoms with Gasteiger partial charge in [-0.2, -0.15) is 0 Å². The molecule has 2 aromatic rings. The van der Waals surface area contributed by atoms with Crippen molar-refractivity contribution in [1.82, 2.24) is 15.6 Å². The van der Waals surface area contributed by atoms with Crippen molar-refractivity contribution in [3.05, 3.63) is 51.0 Å². The molecule has 0 unspecified atom stereocenters. The highest BCUT2D eigenvalue weighted by Crippen LogP contribution is 2.16. The zero-order chi connectivity index (χ0) is 17.4. The Hall–Kier alpha value is -1.88. The Morgan fingerprint density at radius 1 is 1.08 bits per heavy atom. The van der Waals surface area contributed by atoms with E-state index in [2.05, 4.69) is 65.6 Å². The highest BCUT2D eigenvalue weighted by atomic mass is 32.1. The van der Waals surface area contributed by atoms with Crippen LogP contribution in [0.5, 0.6) is 0 Å². The van der Waals surface area contributed by atoms with Crippen molar-refractivity contribution in [1.29, 1.82) is 0 Å². The molecule has 130 valence electrons. The molecule has 5 heteroatoms. The van der Waals surface area contributed by atoms with Crippen molar-refractivity contribution in [3.8, 4) is 0 Å². The zero-order valence-electron chi connectivity index (χ0n) is 15.1. The molecule has 1 aromatic heterocycles. The predicted molar refractivity (Wildman–Crippen MR) is 104 cm³/mol. The van der Waals surface area contributed by atoms with E-state index in [9.17, 15) is 0 Å². The molecule has 0 atom stereocenters. The van der Waals surface area contributed by atoms with Gasteiger partial charge in [-0.3, -0.25) is 0 Å². The van der Waals surface area contributed by atoms with Crippen LogP contribution in [0.1, 0.15) is 40.6 Å². The Morgan fingerprint density at radius 3 is 2.38 bits per heavy atom. The van der Waals surface area contributed by atoms with Crippen LogP contribution in [0, 0.1) is 13.8 Å². The summed E-state index contributed by atoms with van der Waals surface area (Å²) < 4.78 is 0. The van der Waals surface area contributed by atoms with Crippen molar-refractivity contribution in [2.45, 2.75) is 47.1 Å². The van der Waals surface area contributed by atoms with Gasteiger partial charge in [0.15, 0.2) is 5.96 Å². The number of rotatable bonds is 7. The standard InChI is InChI=1S/C19H28N4S/c1-5-16-7-9-17(10-8-16)11-12-21-19(20-6-2)22-13-18-23-14(3)15(4)24-18/h7-10H,5-6,11-13H2,1-4H3,(H2,20,21,22). The molecule has 2 rings (SSSR count). The quantitative estimate of drug-likeness (QED) is 0.596. The average Bonchev–Trinajstić information content (AvgIpc) is 2.91. The largest absolute Gasteiger partial charge is 0.357 e. The maximum atomic E-state index is 4.64. The molecule has 0 spiro atoms. The second kappa shape index (κ2) is 9.42. The van der Waals surface area contributed by atoms with Crippen LogP contribution in [0.4, 0.5) is 0 Å². The van der Waals surface area contributed by atoms with E-state index < -0.39 is 0 Å². The van der Waals surface area contributed by atoms with Gasteiger partial charge in [0.2, 0.25) is 0 Å². The third-order valence-corrected chi connectivity index (χ3v) is 4.98. The van der Waals surface area contributed by atoms with Gasteiger partial charge in [0, 0.05) is 18.0 Å². The summed E-state index contributed by atoms with van der Waals surface area (Å²) in [5.74, 6) is 0.855. The Labute approximate surface area is 149 Å². The summed E-state index contributed by atoms with van der Waals surface area (Å²) in [6.45, 7) is 10.8. The zero-order valence-corrected chi connectivity index (χ0v) is 16.0. The number of nitrogens with one attached hydrogen (secondary N) is 2. The lowest BCUT2D eigenvalue weighted by Crippen LogP contribution is -2.38. The Kier molecular flexibility index (Phi) is 7.25. The third kappa shape index (κ3) is 5.64. The van der Waals surface area contributed by atoms with Crippen LogP contribution in [0.2, 0.25) is 0 Å². The number of nitrogens with zero attached hydrogens (tertiary/aromatic N) is 2. The molecule has 0 bridgehead atoms. The summed E-state index contributed by atoms with van der Waals surface area (Å²) in [5, 5.41) is 7.77. The molecule has 0 aliphatic heterocycles. The number of hydrogen-bond donors (Lipinski definition) is 2. The van der Waals surface area contributed by atoms with Gasteiger partial charge in [0.25, 0.3) is 0 Å². The number of hydrogen-bond acceptors (Lipinski definition) is 3. The van der Waals surface area contributed by atoms with Crippen molar-refractivity contribution in [2.24, 2.45) is 4.99 Å². The molecule has 0 aliphatic rings. The average molecular weight is 345 g/mol. The minimum Gasteiger partial charge on any atom is -0.357 e. The first-order chi connectivity index (χ1) is 11.6. The number of aliphatic imine (C=N–C) groups is 1. The third-order valence-electron chi connectivity index (χ3n) is 3.93. The van der Waals surface area contributed by atoms with Crippen molar-refractivity contribution < 1.29 is 0 Å². The number of aromatic nitrogens is 1. The lowest BCUT2D eigenvalue weighted by atomic mass is 10.1. The minimum absolute atomic E-state index is 0.625. The van der Waals surface area contributed by atoms with Gasteiger partial charge in [-0.25, -0.2) is 9.98 Å². The van der Waals surface area contributed by atoms with Crippen LogP contribution in [0.25, 0.3) is 0 Å². The fourth-order valence-corrected chi connectivity index (χ4v) is 3.22. The number of guanidine groups is 1. The molecule has 0 saturated carbocycles. The Morgan fingerprint density at radius 2 is 1.79 bits per heavy atom. The first kappa shape index (κ1) is 18.5. The highest BCUT2D eigenvalue weighted by molar-refractivity contribution is 7.11. The second-order valence-electron chi connectivity index (χ2n) is 5.79. The van der Waals surface area contributed by atoms with Crippen LogP contribution in [0.3, 0.4) is 0 Å². The first-order valence-corrected chi connectivity index (χ1v) is 9.47. The van der Waals surface area contributed by atoms with Gasteiger partial charge in [-0.1, -0.05) is 31.2 Å². The van der Waals surface area contributed by atoms with Gasteiger partial charge in [0.05, 0.1) is 12.2 Å². The number of aryl methyl sites for hydroxylation is 3. The molecule has 0 radical (unpaired) electrons. The van der Waals surface area contributed by atoms with E-state index in [1.54, 1.807) is 11.3 Å². The van der Waals surface area contributed by atoms with Gasteiger partial charge in [-0.15, -0.1) is 11.3 Å². The Balaban J connectivity index is 1.86. The second-order valence-corrected chi connectivity index (χ2v) is 7.08. The van der Waals surface area contributed by atoms with Crippen LogP contribution >= 0.6 is 11.3 Å². The molecule has 0 fully saturated rings. The first-order valence-electron chi connectivity index (χ1n) is 8.65. The van der Waals surface area contributed by atoms with E-state index in [1.807, 2.05) is 6.92 Å². The van der Waals surface area contributed by atoms with Crippen LogP contribution in [-0.2, 0) is 19.4 Å². The highest BCUT2D eigenvalue weighted by Gasteiger charge is 2.04.